The van der Waals surface area contributed by atoms with Crippen LogP contribution in [0.2, 0.25) is 0 Å². The van der Waals surface area contributed by atoms with Crippen LogP contribution in [-0.2, 0) is 16.2 Å². The largest absolute Gasteiger partial charge is 0.273 e. The van der Waals surface area contributed by atoms with Crippen molar-refractivity contribution in [2.24, 2.45) is 5.92 Å². The number of benzene rings is 1. The molecule has 3 heteroatoms. The number of nitrogens with zero attached hydrogens (tertiary/aromatic N) is 1. The molecule has 0 bridgehead atoms. The van der Waals surface area contributed by atoms with Crippen molar-refractivity contribution >= 4 is 5.91 Å². The number of carbonyl (C=O) groups is 1. The van der Waals surface area contributed by atoms with Gasteiger partial charge in [-0.15, -0.1) is 0 Å². The molecule has 1 saturated heterocycles. The first-order chi connectivity index (χ1) is 7.25. The Labute approximate surface area is 89.6 Å². The van der Waals surface area contributed by atoms with Crippen molar-refractivity contribution in [1.29, 1.82) is 0 Å². The SMILES string of the molecule is C[C@H]1CC(=O)N(OCc2ccccc2)C1. The third-order valence-electron chi connectivity index (χ3n) is 2.51. The lowest BCUT2D eigenvalue weighted by molar-refractivity contribution is -0.182. The van der Waals surface area contributed by atoms with E-state index in [1.165, 1.54) is 5.06 Å². The van der Waals surface area contributed by atoms with E-state index in [4.69, 9.17) is 4.84 Å². The highest BCUT2D eigenvalue weighted by atomic mass is 16.7. The second-order valence-electron chi connectivity index (χ2n) is 4.02. The molecular formula is C12H15NO2. The Balaban J connectivity index is 1.86. The molecule has 0 aromatic heterocycles. The Bertz CT molecular complexity index is 337. The van der Waals surface area contributed by atoms with Gasteiger partial charge in [0.25, 0.3) is 0 Å². The first kappa shape index (κ1) is 10.2. The van der Waals surface area contributed by atoms with Crippen molar-refractivity contribution in [3.63, 3.8) is 0 Å². The lowest BCUT2D eigenvalue weighted by Gasteiger charge is -2.15. The summed E-state index contributed by atoms with van der Waals surface area (Å²) in [6.45, 7) is 3.24. The molecule has 1 aromatic carbocycles. The van der Waals surface area contributed by atoms with Crippen LogP contribution in [0.1, 0.15) is 18.9 Å². The molecule has 3 nitrogen and oxygen atoms in total. The maximum atomic E-state index is 11.4. The van der Waals surface area contributed by atoms with Gasteiger partial charge in [-0.1, -0.05) is 37.3 Å². The highest BCUT2D eigenvalue weighted by molar-refractivity contribution is 5.77. The van der Waals surface area contributed by atoms with Crippen molar-refractivity contribution in [2.75, 3.05) is 6.54 Å². The van der Waals surface area contributed by atoms with Gasteiger partial charge in [0.15, 0.2) is 0 Å². The maximum Gasteiger partial charge on any atom is 0.246 e. The Kier molecular flexibility index (Phi) is 3.02. The standard InChI is InChI=1S/C12H15NO2/c1-10-7-12(14)13(8-10)15-9-11-5-3-2-4-6-11/h2-6,10H,7-9H2,1H3/t10-/m0/s1. The van der Waals surface area contributed by atoms with Crippen molar-refractivity contribution in [2.45, 2.75) is 20.0 Å². The number of hydrogen-bond acceptors (Lipinski definition) is 2. The minimum atomic E-state index is 0.0958. The Morgan fingerprint density at radius 1 is 1.40 bits per heavy atom. The highest BCUT2D eigenvalue weighted by Gasteiger charge is 2.27. The summed E-state index contributed by atoms with van der Waals surface area (Å²) in [4.78, 5) is 16.9. The summed E-state index contributed by atoms with van der Waals surface area (Å²) in [6, 6.07) is 9.88. The quantitative estimate of drug-likeness (QED) is 0.755. The molecule has 1 aliphatic heterocycles. The summed E-state index contributed by atoms with van der Waals surface area (Å²) < 4.78 is 0. The molecule has 1 amide bonds. The Morgan fingerprint density at radius 2 is 2.13 bits per heavy atom. The van der Waals surface area contributed by atoms with Crippen LogP contribution in [0, 0.1) is 5.92 Å². The normalized spacial score (nSPS) is 21.0. The summed E-state index contributed by atoms with van der Waals surface area (Å²) in [5, 5.41) is 1.48. The Hall–Kier alpha value is -1.35. The van der Waals surface area contributed by atoms with Crippen molar-refractivity contribution in [3.05, 3.63) is 35.9 Å². The summed E-state index contributed by atoms with van der Waals surface area (Å²) in [6.07, 6.45) is 0.606. The zero-order chi connectivity index (χ0) is 10.7. The van der Waals surface area contributed by atoms with E-state index >= 15 is 0 Å². The molecule has 1 aliphatic rings. The fraction of sp³-hybridized carbons (Fsp3) is 0.417. The van der Waals surface area contributed by atoms with E-state index in [2.05, 4.69) is 6.92 Å². The van der Waals surface area contributed by atoms with Crippen LogP contribution in [0.4, 0.5) is 0 Å². The molecule has 0 spiro atoms. The van der Waals surface area contributed by atoms with Gasteiger partial charge in [0.2, 0.25) is 5.91 Å². The van der Waals surface area contributed by atoms with Gasteiger partial charge in [0.1, 0.15) is 6.61 Å². The number of hydroxylamine groups is 2. The second-order valence-corrected chi connectivity index (χ2v) is 4.02. The van der Waals surface area contributed by atoms with Gasteiger partial charge in [0, 0.05) is 6.42 Å². The fourth-order valence-corrected chi connectivity index (χ4v) is 1.70. The lowest BCUT2D eigenvalue weighted by Crippen LogP contribution is -2.25. The molecular weight excluding hydrogens is 190 g/mol. The fourth-order valence-electron chi connectivity index (χ4n) is 1.70. The van der Waals surface area contributed by atoms with E-state index in [-0.39, 0.29) is 5.91 Å². The maximum absolute atomic E-state index is 11.4. The van der Waals surface area contributed by atoms with E-state index in [9.17, 15) is 4.79 Å². The third kappa shape index (κ3) is 2.57. The van der Waals surface area contributed by atoms with Crippen LogP contribution in [0.15, 0.2) is 30.3 Å². The average molecular weight is 205 g/mol. The Morgan fingerprint density at radius 3 is 2.73 bits per heavy atom. The summed E-state index contributed by atoms with van der Waals surface area (Å²) >= 11 is 0. The molecule has 1 heterocycles. The zero-order valence-corrected chi connectivity index (χ0v) is 8.85. The molecule has 80 valence electrons. The number of carbonyl (C=O) groups excluding carboxylic acids is 1. The van der Waals surface area contributed by atoms with Crippen LogP contribution in [0.25, 0.3) is 0 Å². The molecule has 1 atom stereocenters. The van der Waals surface area contributed by atoms with Crippen molar-refractivity contribution in [3.8, 4) is 0 Å². The average Bonchev–Trinajstić information content (AvgIpc) is 2.56. The van der Waals surface area contributed by atoms with E-state index in [1.54, 1.807) is 0 Å². The molecule has 0 aliphatic carbocycles. The van der Waals surface area contributed by atoms with Crippen molar-refractivity contribution in [1.82, 2.24) is 5.06 Å². The van der Waals surface area contributed by atoms with Gasteiger partial charge in [0.05, 0.1) is 6.54 Å². The monoisotopic (exact) mass is 205 g/mol. The highest BCUT2D eigenvalue weighted by Crippen LogP contribution is 2.17. The summed E-state index contributed by atoms with van der Waals surface area (Å²) in [5.41, 5.74) is 1.09. The first-order valence-corrected chi connectivity index (χ1v) is 5.23. The first-order valence-electron chi connectivity index (χ1n) is 5.23. The van der Waals surface area contributed by atoms with E-state index in [0.29, 0.717) is 25.5 Å². The zero-order valence-electron chi connectivity index (χ0n) is 8.85. The summed E-state index contributed by atoms with van der Waals surface area (Å²) in [5.74, 6) is 0.506. The second kappa shape index (κ2) is 4.45. The number of rotatable bonds is 3. The predicted octanol–water partition coefficient (Wildman–Crippen LogP) is 1.99. The minimum Gasteiger partial charge on any atom is -0.273 e. The molecule has 0 N–H and O–H groups in total. The molecule has 1 aromatic rings. The number of hydrogen-bond donors (Lipinski definition) is 0. The molecule has 15 heavy (non-hydrogen) atoms. The lowest BCUT2D eigenvalue weighted by atomic mass is 10.2. The van der Waals surface area contributed by atoms with Crippen LogP contribution < -0.4 is 0 Å². The van der Waals surface area contributed by atoms with Crippen molar-refractivity contribution < 1.29 is 9.63 Å². The van der Waals surface area contributed by atoms with Crippen LogP contribution >= 0.6 is 0 Å². The summed E-state index contributed by atoms with van der Waals surface area (Å²) in [7, 11) is 0. The molecule has 0 saturated carbocycles. The number of amides is 1. The predicted molar refractivity (Wildman–Crippen MR) is 56.7 cm³/mol. The molecule has 1 fully saturated rings. The van der Waals surface area contributed by atoms with E-state index in [1.807, 2.05) is 30.3 Å². The third-order valence-corrected chi connectivity index (χ3v) is 2.51. The van der Waals surface area contributed by atoms with Crippen LogP contribution in [0.3, 0.4) is 0 Å². The molecule has 0 unspecified atom stereocenters. The van der Waals surface area contributed by atoms with Gasteiger partial charge in [-0.05, 0) is 11.5 Å². The smallest absolute Gasteiger partial charge is 0.246 e. The van der Waals surface area contributed by atoms with Crippen LogP contribution in [-0.4, -0.2) is 17.5 Å². The van der Waals surface area contributed by atoms with E-state index < -0.39 is 0 Å². The molecule has 0 radical (unpaired) electrons. The van der Waals surface area contributed by atoms with Gasteiger partial charge in [-0.2, -0.15) is 0 Å². The van der Waals surface area contributed by atoms with Gasteiger partial charge >= 0.3 is 0 Å². The van der Waals surface area contributed by atoms with Gasteiger partial charge < -0.3 is 0 Å². The van der Waals surface area contributed by atoms with Gasteiger partial charge in [-0.3, -0.25) is 9.63 Å². The molecule has 2 rings (SSSR count). The van der Waals surface area contributed by atoms with Crippen LogP contribution in [0.5, 0.6) is 0 Å². The minimum absolute atomic E-state index is 0.0958. The van der Waals surface area contributed by atoms with Gasteiger partial charge in [-0.25, -0.2) is 5.06 Å². The van der Waals surface area contributed by atoms with E-state index in [0.717, 1.165) is 5.56 Å². The topological polar surface area (TPSA) is 29.5 Å².